The Kier molecular flexibility index (Phi) is 6.91. The second kappa shape index (κ2) is 7.36. The summed E-state index contributed by atoms with van der Waals surface area (Å²) in [5, 5.41) is 12.2. The fourth-order valence-electron chi connectivity index (χ4n) is 1.49. The molecule has 5 heteroatoms. The Bertz CT molecular complexity index is 282. The van der Waals surface area contributed by atoms with Crippen molar-refractivity contribution in [3.8, 4) is 0 Å². The standard InChI is InChI=1S/C13H26N2O3/c1-10(2)6-7-11(16)14-8-12(17)15(5)9-13(3,4)18/h10,18H,6-9H2,1-5H3,(H,14,16). The Labute approximate surface area is 110 Å². The molecule has 2 N–H and O–H groups in total. The molecule has 0 aliphatic heterocycles. The Morgan fingerprint density at radius 2 is 1.89 bits per heavy atom. The maximum absolute atomic E-state index is 11.7. The lowest BCUT2D eigenvalue weighted by atomic mass is 10.1. The largest absolute Gasteiger partial charge is 0.389 e. The maximum atomic E-state index is 11.7. The number of likely N-dealkylation sites (N-methyl/N-ethyl adjacent to an activating group) is 1. The molecule has 0 fully saturated rings. The van der Waals surface area contributed by atoms with Crippen LogP contribution in [0.25, 0.3) is 0 Å². The van der Waals surface area contributed by atoms with Crippen molar-refractivity contribution in [3.63, 3.8) is 0 Å². The zero-order valence-electron chi connectivity index (χ0n) is 12.1. The van der Waals surface area contributed by atoms with E-state index >= 15 is 0 Å². The van der Waals surface area contributed by atoms with Crippen LogP contribution < -0.4 is 5.32 Å². The summed E-state index contributed by atoms with van der Waals surface area (Å²) >= 11 is 0. The van der Waals surface area contributed by atoms with E-state index in [4.69, 9.17) is 0 Å². The third-order valence-corrected chi connectivity index (χ3v) is 2.44. The molecule has 0 unspecified atom stereocenters. The highest BCUT2D eigenvalue weighted by Crippen LogP contribution is 2.04. The predicted molar refractivity (Wildman–Crippen MR) is 71.0 cm³/mol. The number of aliphatic hydroxyl groups is 1. The second-order valence-corrected chi connectivity index (χ2v) is 5.77. The van der Waals surface area contributed by atoms with E-state index in [0.717, 1.165) is 6.42 Å². The highest BCUT2D eigenvalue weighted by atomic mass is 16.3. The number of carbonyl (C=O) groups excluding carboxylic acids is 2. The number of hydrogen-bond acceptors (Lipinski definition) is 3. The van der Waals surface area contributed by atoms with Gasteiger partial charge in [-0.15, -0.1) is 0 Å². The molecule has 106 valence electrons. The summed E-state index contributed by atoms with van der Waals surface area (Å²) in [7, 11) is 1.61. The summed E-state index contributed by atoms with van der Waals surface area (Å²) in [5.41, 5.74) is -0.925. The van der Waals surface area contributed by atoms with Crippen LogP contribution in [0.15, 0.2) is 0 Å². The summed E-state index contributed by atoms with van der Waals surface area (Å²) in [6, 6.07) is 0. The average molecular weight is 258 g/mol. The van der Waals surface area contributed by atoms with Gasteiger partial charge in [0.2, 0.25) is 11.8 Å². The molecule has 18 heavy (non-hydrogen) atoms. The number of hydrogen-bond donors (Lipinski definition) is 2. The van der Waals surface area contributed by atoms with Gasteiger partial charge in [-0.05, 0) is 26.2 Å². The Morgan fingerprint density at radius 3 is 2.33 bits per heavy atom. The zero-order chi connectivity index (χ0) is 14.3. The van der Waals surface area contributed by atoms with Crippen molar-refractivity contribution >= 4 is 11.8 Å². The molecule has 2 amide bonds. The van der Waals surface area contributed by atoms with Gasteiger partial charge in [-0.2, -0.15) is 0 Å². The lowest BCUT2D eigenvalue weighted by Crippen LogP contribution is -2.44. The van der Waals surface area contributed by atoms with E-state index in [0.29, 0.717) is 12.3 Å². The van der Waals surface area contributed by atoms with Gasteiger partial charge in [-0.25, -0.2) is 0 Å². The zero-order valence-corrected chi connectivity index (χ0v) is 12.1. The van der Waals surface area contributed by atoms with Crippen LogP contribution in [0, 0.1) is 5.92 Å². The molecule has 0 rings (SSSR count). The van der Waals surface area contributed by atoms with Crippen molar-refractivity contribution in [2.45, 2.75) is 46.1 Å². The summed E-state index contributed by atoms with van der Waals surface area (Å²) in [6.45, 7) is 7.61. The third-order valence-electron chi connectivity index (χ3n) is 2.44. The van der Waals surface area contributed by atoms with Gasteiger partial charge >= 0.3 is 0 Å². The molecule has 5 nitrogen and oxygen atoms in total. The molecule has 0 radical (unpaired) electrons. The molecule has 0 aliphatic carbocycles. The molecule has 0 heterocycles. The van der Waals surface area contributed by atoms with Gasteiger partial charge in [0.1, 0.15) is 0 Å². The highest BCUT2D eigenvalue weighted by molar-refractivity contribution is 5.84. The summed E-state index contributed by atoms with van der Waals surface area (Å²) < 4.78 is 0. The van der Waals surface area contributed by atoms with E-state index in [1.54, 1.807) is 20.9 Å². The molecule has 0 saturated heterocycles. The minimum absolute atomic E-state index is 0.0104. The molecule has 0 aliphatic rings. The van der Waals surface area contributed by atoms with Crippen LogP contribution in [-0.4, -0.2) is 47.6 Å². The molecule has 0 spiro atoms. The monoisotopic (exact) mass is 258 g/mol. The van der Waals surface area contributed by atoms with Crippen LogP contribution in [-0.2, 0) is 9.59 Å². The van der Waals surface area contributed by atoms with Crippen LogP contribution in [0.5, 0.6) is 0 Å². The minimum Gasteiger partial charge on any atom is -0.389 e. The number of carbonyl (C=O) groups is 2. The van der Waals surface area contributed by atoms with Crippen molar-refractivity contribution in [2.75, 3.05) is 20.1 Å². The maximum Gasteiger partial charge on any atom is 0.241 e. The lowest BCUT2D eigenvalue weighted by Gasteiger charge is -2.25. The van der Waals surface area contributed by atoms with E-state index < -0.39 is 5.60 Å². The van der Waals surface area contributed by atoms with Gasteiger partial charge in [0.05, 0.1) is 12.1 Å². The van der Waals surface area contributed by atoms with Crippen LogP contribution in [0.4, 0.5) is 0 Å². The number of amides is 2. The van der Waals surface area contributed by atoms with Crippen molar-refractivity contribution in [1.29, 1.82) is 0 Å². The van der Waals surface area contributed by atoms with Crippen LogP contribution >= 0.6 is 0 Å². The molecular weight excluding hydrogens is 232 g/mol. The molecule has 0 atom stereocenters. The summed E-state index contributed by atoms with van der Waals surface area (Å²) in [6.07, 6.45) is 1.26. The van der Waals surface area contributed by atoms with Gasteiger partial charge in [-0.3, -0.25) is 9.59 Å². The van der Waals surface area contributed by atoms with E-state index in [9.17, 15) is 14.7 Å². The lowest BCUT2D eigenvalue weighted by molar-refractivity contribution is -0.133. The van der Waals surface area contributed by atoms with E-state index in [1.165, 1.54) is 4.90 Å². The highest BCUT2D eigenvalue weighted by Gasteiger charge is 2.19. The minimum atomic E-state index is -0.925. The fraction of sp³-hybridized carbons (Fsp3) is 0.846. The topological polar surface area (TPSA) is 69.6 Å². The van der Waals surface area contributed by atoms with Gasteiger partial charge < -0.3 is 15.3 Å². The Balaban J connectivity index is 3.92. The molecule has 0 bridgehead atoms. The first-order valence-electron chi connectivity index (χ1n) is 6.35. The smallest absolute Gasteiger partial charge is 0.241 e. The van der Waals surface area contributed by atoms with Crippen LogP contribution in [0.3, 0.4) is 0 Å². The Hall–Kier alpha value is -1.10. The van der Waals surface area contributed by atoms with Crippen LogP contribution in [0.2, 0.25) is 0 Å². The number of nitrogens with zero attached hydrogens (tertiary/aromatic N) is 1. The average Bonchev–Trinajstić information content (AvgIpc) is 2.20. The molecule has 0 aromatic carbocycles. The third kappa shape index (κ3) is 8.98. The first-order chi connectivity index (χ1) is 8.11. The van der Waals surface area contributed by atoms with Gasteiger partial charge in [-0.1, -0.05) is 13.8 Å². The van der Waals surface area contributed by atoms with Crippen molar-refractivity contribution < 1.29 is 14.7 Å². The number of nitrogens with one attached hydrogen (secondary N) is 1. The normalized spacial score (nSPS) is 11.5. The van der Waals surface area contributed by atoms with Gasteiger partial charge in [0.15, 0.2) is 0 Å². The molecule has 0 aromatic rings. The van der Waals surface area contributed by atoms with E-state index in [2.05, 4.69) is 19.2 Å². The SMILES string of the molecule is CC(C)CCC(=O)NCC(=O)N(C)CC(C)(C)O. The Morgan fingerprint density at radius 1 is 1.33 bits per heavy atom. The van der Waals surface area contributed by atoms with Gasteiger partial charge in [0, 0.05) is 20.0 Å². The van der Waals surface area contributed by atoms with Crippen molar-refractivity contribution in [3.05, 3.63) is 0 Å². The second-order valence-electron chi connectivity index (χ2n) is 5.77. The van der Waals surface area contributed by atoms with Gasteiger partial charge in [0.25, 0.3) is 0 Å². The quantitative estimate of drug-likeness (QED) is 0.708. The van der Waals surface area contributed by atoms with E-state index in [1.807, 2.05) is 0 Å². The molecular formula is C13H26N2O3. The summed E-state index contributed by atoms with van der Waals surface area (Å²) in [5.74, 6) is 0.174. The van der Waals surface area contributed by atoms with E-state index in [-0.39, 0.29) is 24.9 Å². The summed E-state index contributed by atoms with van der Waals surface area (Å²) in [4.78, 5) is 24.5. The number of rotatable bonds is 7. The first kappa shape index (κ1) is 16.9. The first-order valence-corrected chi connectivity index (χ1v) is 6.35. The van der Waals surface area contributed by atoms with Crippen molar-refractivity contribution in [1.82, 2.24) is 10.2 Å². The predicted octanol–water partition coefficient (Wildman–Crippen LogP) is 0.768. The molecule has 0 aromatic heterocycles. The fourth-order valence-corrected chi connectivity index (χ4v) is 1.49. The molecule has 0 saturated carbocycles. The van der Waals surface area contributed by atoms with Crippen LogP contribution in [0.1, 0.15) is 40.5 Å². The van der Waals surface area contributed by atoms with Crippen molar-refractivity contribution in [2.24, 2.45) is 5.92 Å².